The molecule has 0 fully saturated rings. The van der Waals surface area contributed by atoms with Crippen LogP contribution in [0.3, 0.4) is 0 Å². The highest BCUT2D eigenvalue weighted by Crippen LogP contribution is 2.03. The Balaban J connectivity index is 3.50. The molecule has 0 aromatic heterocycles. The Morgan fingerprint density at radius 2 is 1.92 bits per heavy atom. The van der Waals surface area contributed by atoms with Crippen LogP contribution in [-0.4, -0.2) is 37.6 Å². The van der Waals surface area contributed by atoms with E-state index in [4.69, 9.17) is 0 Å². The van der Waals surface area contributed by atoms with Crippen molar-refractivity contribution in [3.05, 3.63) is 0 Å². The van der Waals surface area contributed by atoms with Crippen LogP contribution in [0.1, 0.15) is 34.1 Å². The average Bonchev–Trinajstić information content (AvgIpc) is 2.16. The van der Waals surface area contributed by atoms with Crippen LogP contribution in [0.2, 0.25) is 0 Å². The summed E-state index contributed by atoms with van der Waals surface area (Å²) in [4.78, 5) is 2.52. The minimum atomic E-state index is 0.835. The van der Waals surface area contributed by atoms with E-state index in [1.807, 2.05) is 0 Å². The van der Waals surface area contributed by atoms with Gasteiger partial charge in [0.1, 0.15) is 0 Å². The maximum atomic E-state index is 3.36. The van der Waals surface area contributed by atoms with Gasteiger partial charge in [-0.3, -0.25) is 0 Å². The van der Waals surface area contributed by atoms with Crippen molar-refractivity contribution in [1.29, 1.82) is 0 Å². The number of nitrogens with zero attached hydrogens (tertiary/aromatic N) is 1. The van der Waals surface area contributed by atoms with Gasteiger partial charge < -0.3 is 10.2 Å². The Hall–Kier alpha value is -0.0800. The molecule has 0 heterocycles. The molecule has 0 rings (SSSR count). The predicted octanol–water partition coefficient (Wildman–Crippen LogP) is 1.96. The van der Waals surface area contributed by atoms with E-state index in [1.165, 1.54) is 26.1 Å². The number of rotatable bonds is 8. The molecule has 2 nitrogen and oxygen atoms in total. The summed E-state index contributed by atoms with van der Waals surface area (Å²) >= 11 is 0. The first kappa shape index (κ1) is 12.9. The molecule has 0 spiro atoms. The van der Waals surface area contributed by atoms with Gasteiger partial charge in [-0.25, -0.2) is 0 Å². The normalized spacial score (nSPS) is 13.6. The molecule has 0 saturated carbocycles. The van der Waals surface area contributed by atoms with Crippen LogP contribution in [0.5, 0.6) is 0 Å². The summed E-state index contributed by atoms with van der Waals surface area (Å²) in [6.45, 7) is 14.8. The van der Waals surface area contributed by atoms with Crippen molar-refractivity contribution in [1.82, 2.24) is 10.2 Å². The van der Waals surface area contributed by atoms with Gasteiger partial charge in [0.15, 0.2) is 0 Å². The summed E-state index contributed by atoms with van der Waals surface area (Å²) in [5, 5.41) is 3.36. The number of likely N-dealkylation sites (N-methyl/N-ethyl adjacent to an activating group) is 2. The fraction of sp³-hybridized carbons (Fsp3) is 1.00. The molecule has 1 unspecified atom stereocenters. The van der Waals surface area contributed by atoms with Gasteiger partial charge in [-0.1, -0.05) is 34.1 Å². The number of hydrogen-bond acceptors (Lipinski definition) is 2. The van der Waals surface area contributed by atoms with Crippen LogP contribution in [0, 0.1) is 5.92 Å². The van der Waals surface area contributed by atoms with Gasteiger partial charge in [0.25, 0.3) is 0 Å². The molecule has 1 atom stereocenters. The summed E-state index contributed by atoms with van der Waals surface area (Å²) in [5.74, 6) is 0.835. The molecular formula is C11H26N2. The third-order valence-electron chi connectivity index (χ3n) is 2.57. The summed E-state index contributed by atoms with van der Waals surface area (Å²) < 4.78 is 0. The molecule has 0 aliphatic rings. The minimum Gasteiger partial charge on any atom is -0.316 e. The molecule has 0 aromatic carbocycles. The van der Waals surface area contributed by atoms with Gasteiger partial charge in [-0.05, 0) is 19.0 Å². The Morgan fingerprint density at radius 3 is 2.38 bits per heavy atom. The van der Waals surface area contributed by atoms with Crippen LogP contribution in [-0.2, 0) is 0 Å². The Morgan fingerprint density at radius 1 is 1.23 bits per heavy atom. The molecule has 0 amide bonds. The Labute approximate surface area is 83.7 Å². The van der Waals surface area contributed by atoms with Gasteiger partial charge in [0, 0.05) is 19.6 Å². The van der Waals surface area contributed by atoms with E-state index in [1.54, 1.807) is 0 Å². The van der Waals surface area contributed by atoms with Crippen molar-refractivity contribution in [2.24, 2.45) is 5.92 Å². The fourth-order valence-corrected chi connectivity index (χ4v) is 1.36. The van der Waals surface area contributed by atoms with Crippen LogP contribution in [0.15, 0.2) is 0 Å². The summed E-state index contributed by atoms with van der Waals surface area (Å²) in [5.41, 5.74) is 0. The van der Waals surface area contributed by atoms with Crippen molar-refractivity contribution in [3.63, 3.8) is 0 Å². The van der Waals surface area contributed by atoms with Gasteiger partial charge in [-0.2, -0.15) is 0 Å². The van der Waals surface area contributed by atoms with E-state index in [0.717, 1.165) is 19.0 Å². The molecule has 0 aromatic rings. The second kappa shape index (κ2) is 8.52. The van der Waals surface area contributed by atoms with Crippen molar-refractivity contribution in [2.45, 2.75) is 34.1 Å². The fourth-order valence-electron chi connectivity index (χ4n) is 1.36. The van der Waals surface area contributed by atoms with E-state index >= 15 is 0 Å². The quantitative estimate of drug-likeness (QED) is 0.583. The highest BCUT2D eigenvalue weighted by molar-refractivity contribution is 4.61. The Kier molecular flexibility index (Phi) is 8.46. The van der Waals surface area contributed by atoms with Crippen molar-refractivity contribution >= 4 is 0 Å². The van der Waals surface area contributed by atoms with E-state index in [0.29, 0.717) is 0 Å². The van der Waals surface area contributed by atoms with Crippen LogP contribution >= 0.6 is 0 Å². The van der Waals surface area contributed by atoms with E-state index in [-0.39, 0.29) is 0 Å². The Bertz CT molecular complexity index is 104. The molecule has 13 heavy (non-hydrogen) atoms. The van der Waals surface area contributed by atoms with Crippen molar-refractivity contribution in [3.8, 4) is 0 Å². The van der Waals surface area contributed by atoms with Gasteiger partial charge >= 0.3 is 0 Å². The summed E-state index contributed by atoms with van der Waals surface area (Å²) in [7, 11) is 0. The van der Waals surface area contributed by atoms with Gasteiger partial charge in [0.05, 0.1) is 0 Å². The summed E-state index contributed by atoms with van der Waals surface area (Å²) in [6.07, 6.45) is 1.29. The lowest BCUT2D eigenvalue weighted by atomic mass is 10.1. The monoisotopic (exact) mass is 186 g/mol. The lowest BCUT2D eigenvalue weighted by Gasteiger charge is -2.23. The molecular weight excluding hydrogens is 160 g/mol. The zero-order valence-corrected chi connectivity index (χ0v) is 9.77. The first-order valence-corrected chi connectivity index (χ1v) is 5.67. The molecule has 0 bridgehead atoms. The smallest absolute Gasteiger partial charge is 0.0107 e. The average molecular weight is 186 g/mol. The van der Waals surface area contributed by atoms with Gasteiger partial charge in [0.2, 0.25) is 0 Å². The lowest BCUT2D eigenvalue weighted by Crippen LogP contribution is -2.34. The van der Waals surface area contributed by atoms with Gasteiger partial charge in [-0.15, -0.1) is 0 Å². The highest BCUT2D eigenvalue weighted by Gasteiger charge is 2.05. The van der Waals surface area contributed by atoms with Crippen LogP contribution < -0.4 is 5.32 Å². The third-order valence-corrected chi connectivity index (χ3v) is 2.57. The maximum absolute atomic E-state index is 3.36. The zero-order chi connectivity index (χ0) is 10.1. The molecule has 1 N–H and O–H groups in total. The standard InChI is InChI=1S/C11H26N2/c1-5-11(4)10-13(7-3)9-8-12-6-2/h11-12H,5-10H2,1-4H3. The third kappa shape index (κ3) is 7.03. The minimum absolute atomic E-state index is 0.835. The molecule has 0 saturated heterocycles. The molecule has 80 valence electrons. The van der Waals surface area contributed by atoms with E-state index in [9.17, 15) is 0 Å². The number of nitrogens with one attached hydrogen (secondary N) is 1. The molecule has 0 aliphatic heterocycles. The molecule has 0 aliphatic carbocycles. The van der Waals surface area contributed by atoms with E-state index in [2.05, 4.69) is 37.9 Å². The first-order chi connectivity index (χ1) is 6.24. The van der Waals surface area contributed by atoms with E-state index < -0.39 is 0 Å². The topological polar surface area (TPSA) is 15.3 Å². The largest absolute Gasteiger partial charge is 0.316 e. The molecule has 0 radical (unpaired) electrons. The van der Waals surface area contributed by atoms with Crippen LogP contribution in [0.25, 0.3) is 0 Å². The van der Waals surface area contributed by atoms with Crippen molar-refractivity contribution < 1.29 is 0 Å². The predicted molar refractivity (Wildman–Crippen MR) is 60.1 cm³/mol. The SMILES string of the molecule is CCNCCN(CC)CC(C)CC. The highest BCUT2D eigenvalue weighted by atomic mass is 15.1. The zero-order valence-electron chi connectivity index (χ0n) is 9.77. The second-order valence-corrected chi connectivity index (χ2v) is 3.76. The maximum Gasteiger partial charge on any atom is 0.0107 e. The second-order valence-electron chi connectivity index (χ2n) is 3.76. The first-order valence-electron chi connectivity index (χ1n) is 5.67. The van der Waals surface area contributed by atoms with Crippen LogP contribution in [0.4, 0.5) is 0 Å². The summed E-state index contributed by atoms with van der Waals surface area (Å²) in [6, 6.07) is 0. The van der Waals surface area contributed by atoms with Crippen molar-refractivity contribution in [2.75, 3.05) is 32.7 Å². The number of hydrogen-bond donors (Lipinski definition) is 1. The molecule has 2 heteroatoms. The lowest BCUT2D eigenvalue weighted by molar-refractivity contribution is 0.246.